The van der Waals surface area contributed by atoms with Gasteiger partial charge < -0.3 is 26.0 Å². The SMILES string of the molecule is CCC(C)N(C(=O)C(CC(N)=O)NC(=O)OC(C)(C)C)C(C(=O)Nc1ccc2ccccc2c1)c1ccccc1C. The van der Waals surface area contributed by atoms with Crippen molar-refractivity contribution in [3.63, 3.8) is 0 Å². The minimum absolute atomic E-state index is 0.432. The van der Waals surface area contributed by atoms with Crippen molar-refractivity contribution < 1.29 is 23.9 Å². The summed E-state index contributed by atoms with van der Waals surface area (Å²) in [5.74, 6) is -1.83. The normalized spacial score (nSPS) is 13.5. The lowest BCUT2D eigenvalue weighted by molar-refractivity contribution is -0.144. The molecule has 4 amide bonds. The molecule has 3 atom stereocenters. The molecule has 0 heterocycles. The van der Waals surface area contributed by atoms with Crippen molar-refractivity contribution in [1.82, 2.24) is 10.2 Å². The van der Waals surface area contributed by atoms with Gasteiger partial charge in [0, 0.05) is 11.7 Å². The largest absolute Gasteiger partial charge is 0.444 e. The molecule has 0 spiro atoms. The molecule has 0 aliphatic heterocycles. The van der Waals surface area contributed by atoms with Crippen LogP contribution in [0.1, 0.15) is 64.6 Å². The van der Waals surface area contributed by atoms with Crippen molar-refractivity contribution in [2.75, 3.05) is 5.32 Å². The summed E-state index contributed by atoms with van der Waals surface area (Å²) in [6.45, 7) is 10.6. The standard InChI is InChI=1S/C32H40N4O5/c1-7-21(3)36(30(39)26(19-27(33)37)35-31(40)41-32(4,5)6)28(25-15-11-8-12-20(25)2)29(38)34-24-17-16-22-13-9-10-14-23(22)18-24/h8-18,21,26,28H,7,19H2,1-6H3,(H2,33,37)(H,34,38)(H,35,40). The number of alkyl carbamates (subject to hydrolysis) is 1. The third kappa shape index (κ3) is 8.30. The second-order valence-corrected chi connectivity index (χ2v) is 11.2. The van der Waals surface area contributed by atoms with Gasteiger partial charge in [0.25, 0.3) is 5.91 Å². The summed E-state index contributed by atoms with van der Waals surface area (Å²) in [6.07, 6.45) is -0.820. The van der Waals surface area contributed by atoms with E-state index in [9.17, 15) is 19.2 Å². The van der Waals surface area contributed by atoms with Gasteiger partial charge in [0.05, 0.1) is 6.42 Å². The first-order chi connectivity index (χ1) is 19.3. The number of rotatable bonds is 10. The number of aryl methyl sites for hydroxylation is 1. The number of anilines is 1. The van der Waals surface area contributed by atoms with Crippen molar-refractivity contribution in [3.05, 3.63) is 77.9 Å². The van der Waals surface area contributed by atoms with Crippen LogP contribution >= 0.6 is 0 Å². The summed E-state index contributed by atoms with van der Waals surface area (Å²) in [7, 11) is 0. The van der Waals surface area contributed by atoms with Gasteiger partial charge in [-0.2, -0.15) is 0 Å². The highest BCUT2D eigenvalue weighted by Crippen LogP contribution is 2.30. The van der Waals surface area contributed by atoms with E-state index in [1.165, 1.54) is 4.90 Å². The average Bonchev–Trinajstić information content (AvgIpc) is 2.89. The van der Waals surface area contributed by atoms with E-state index in [0.29, 0.717) is 17.7 Å². The van der Waals surface area contributed by atoms with Crippen LogP contribution in [0.4, 0.5) is 10.5 Å². The molecule has 9 heteroatoms. The van der Waals surface area contributed by atoms with Gasteiger partial charge >= 0.3 is 6.09 Å². The molecule has 0 aliphatic carbocycles. The molecular weight excluding hydrogens is 520 g/mol. The van der Waals surface area contributed by atoms with Gasteiger partial charge in [-0.3, -0.25) is 14.4 Å². The zero-order valence-corrected chi connectivity index (χ0v) is 24.6. The van der Waals surface area contributed by atoms with Crippen LogP contribution in [0.25, 0.3) is 10.8 Å². The van der Waals surface area contributed by atoms with Gasteiger partial charge in [0.2, 0.25) is 11.8 Å². The smallest absolute Gasteiger partial charge is 0.408 e. The first-order valence-electron chi connectivity index (χ1n) is 13.8. The topological polar surface area (TPSA) is 131 Å². The van der Waals surface area contributed by atoms with Crippen molar-refractivity contribution in [1.29, 1.82) is 0 Å². The number of hydrogen-bond donors (Lipinski definition) is 3. The third-order valence-corrected chi connectivity index (χ3v) is 6.74. The lowest BCUT2D eigenvalue weighted by atomic mass is 9.95. The Morgan fingerprint density at radius 1 is 0.951 bits per heavy atom. The molecule has 4 N–H and O–H groups in total. The highest BCUT2D eigenvalue weighted by atomic mass is 16.6. The quantitative estimate of drug-likeness (QED) is 0.313. The van der Waals surface area contributed by atoms with E-state index in [0.717, 1.165) is 16.3 Å². The maximum absolute atomic E-state index is 14.2. The Labute approximate surface area is 241 Å². The number of nitrogens with one attached hydrogen (secondary N) is 2. The molecule has 0 saturated heterocycles. The maximum atomic E-state index is 14.2. The summed E-state index contributed by atoms with van der Waals surface area (Å²) in [6, 6.07) is 17.9. The molecule has 0 radical (unpaired) electrons. The monoisotopic (exact) mass is 560 g/mol. The molecular formula is C32H40N4O5. The number of nitrogens with zero attached hydrogens (tertiary/aromatic N) is 1. The van der Waals surface area contributed by atoms with Gasteiger partial charge in [0.15, 0.2) is 0 Å². The number of carbonyl (C=O) groups excluding carboxylic acids is 4. The van der Waals surface area contributed by atoms with Gasteiger partial charge in [0.1, 0.15) is 17.7 Å². The molecule has 3 aromatic rings. The molecule has 3 aromatic carbocycles. The zero-order chi connectivity index (χ0) is 30.3. The summed E-state index contributed by atoms with van der Waals surface area (Å²) >= 11 is 0. The predicted octanol–water partition coefficient (Wildman–Crippen LogP) is 5.22. The second kappa shape index (κ2) is 13.3. The maximum Gasteiger partial charge on any atom is 0.408 e. The Kier molecular flexibility index (Phi) is 10.1. The Hall–Kier alpha value is -4.40. The van der Waals surface area contributed by atoms with Crippen LogP contribution < -0.4 is 16.4 Å². The minimum atomic E-state index is -1.34. The average molecular weight is 561 g/mol. The first-order valence-corrected chi connectivity index (χ1v) is 13.8. The van der Waals surface area contributed by atoms with Crippen molar-refractivity contribution in [2.45, 2.75) is 78.1 Å². The lowest BCUT2D eigenvalue weighted by Crippen LogP contribution is -2.55. The van der Waals surface area contributed by atoms with E-state index in [4.69, 9.17) is 10.5 Å². The van der Waals surface area contributed by atoms with E-state index in [-0.39, 0.29) is 0 Å². The van der Waals surface area contributed by atoms with Gasteiger partial charge in [-0.05, 0) is 75.1 Å². The Balaban J connectivity index is 2.06. The van der Waals surface area contributed by atoms with Crippen LogP contribution in [0.2, 0.25) is 0 Å². The van der Waals surface area contributed by atoms with E-state index in [1.807, 2.05) is 75.4 Å². The van der Waals surface area contributed by atoms with Gasteiger partial charge in [-0.15, -0.1) is 0 Å². The first kappa shape index (κ1) is 31.1. The molecule has 3 rings (SSSR count). The highest BCUT2D eigenvalue weighted by molar-refractivity contribution is 6.01. The Morgan fingerprint density at radius 2 is 1.59 bits per heavy atom. The van der Waals surface area contributed by atoms with Gasteiger partial charge in [-0.1, -0.05) is 61.5 Å². The van der Waals surface area contributed by atoms with Crippen molar-refractivity contribution in [3.8, 4) is 0 Å². The number of hydrogen-bond acceptors (Lipinski definition) is 5. The van der Waals surface area contributed by atoms with Crippen molar-refractivity contribution in [2.24, 2.45) is 5.73 Å². The number of benzene rings is 3. The molecule has 218 valence electrons. The van der Waals surface area contributed by atoms with Crippen LogP contribution in [-0.4, -0.2) is 46.4 Å². The van der Waals surface area contributed by atoms with E-state index in [1.54, 1.807) is 32.9 Å². The number of primary amides is 1. The Bertz CT molecular complexity index is 1410. The summed E-state index contributed by atoms with van der Waals surface area (Å²) in [4.78, 5) is 54.4. The fraction of sp³-hybridized carbons (Fsp3) is 0.375. The fourth-order valence-corrected chi connectivity index (χ4v) is 4.62. The van der Waals surface area contributed by atoms with E-state index in [2.05, 4.69) is 10.6 Å². The summed E-state index contributed by atoms with van der Waals surface area (Å²) in [5.41, 5.74) is 6.65. The molecule has 0 bridgehead atoms. The third-order valence-electron chi connectivity index (χ3n) is 6.74. The van der Waals surface area contributed by atoms with E-state index >= 15 is 0 Å². The highest BCUT2D eigenvalue weighted by Gasteiger charge is 2.39. The number of carbonyl (C=O) groups is 4. The molecule has 9 nitrogen and oxygen atoms in total. The van der Waals surface area contributed by atoms with Crippen LogP contribution in [-0.2, 0) is 19.1 Å². The zero-order valence-electron chi connectivity index (χ0n) is 24.6. The van der Waals surface area contributed by atoms with Crippen LogP contribution in [0.5, 0.6) is 0 Å². The second-order valence-electron chi connectivity index (χ2n) is 11.2. The molecule has 0 saturated carbocycles. The number of amides is 4. The molecule has 41 heavy (non-hydrogen) atoms. The van der Waals surface area contributed by atoms with Crippen molar-refractivity contribution >= 4 is 40.3 Å². The predicted molar refractivity (Wildman–Crippen MR) is 160 cm³/mol. The Morgan fingerprint density at radius 3 is 2.20 bits per heavy atom. The summed E-state index contributed by atoms with van der Waals surface area (Å²) in [5, 5.41) is 7.48. The van der Waals surface area contributed by atoms with E-state index < -0.39 is 54.0 Å². The molecule has 0 aliphatic rings. The van der Waals surface area contributed by atoms with Crippen LogP contribution in [0.15, 0.2) is 66.7 Å². The number of nitrogens with two attached hydrogens (primary N) is 1. The molecule has 3 unspecified atom stereocenters. The van der Waals surface area contributed by atoms with Gasteiger partial charge in [-0.25, -0.2) is 4.79 Å². The molecule has 0 aromatic heterocycles. The molecule has 0 fully saturated rings. The minimum Gasteiger partial charge on any atom is -0.444 e. The van der Waals surface area contributed by atoms with Crippen LogP contribution in [0.3, 0.4) is 0 Å². The number of ether oxygens (including phenoxy) is 1. The number of fused-ring (bicyclic) bond motifs is 1. The summed E-state index contributed by atoms with van der Waals surface area (Å²) < 4.78 is 5.34. The lowest BCUT2D eigenvalue weighted by Gasteiger charge is -2.38. The van der Waals surface area contributed by atoms with Crippen LogP contribution in [0, 0.1) is 6.92 Å². The fourth-order valence-electron chi connectivity index (χ4n) is 4.62.